The zero-order chi connectivity index (χ0) is 15.7. The van der Waals surface area contributed by atoms with Gasteiger partial charge in [0, 0.05) is 11.8 Å². The second-order valence-corrected chi connectivity index (χ2v) is 9.59. The summed E-state index contributed by atoms with van der Waals surface area (Å²) in [4.78, 5) is 12.4. The van der Waals surface area contributed by atoms with Crippen LogP contribution in [0.1, 0.15) is 72.1 Å². The average Bonchev–Trinajstić information content (AvgIpc) is 2.77. The van der Waals surface area contributed by atoms with Gasteiger partial charge in [-0.25, -0.2) is 0 Å². The van der Waals surface area contributed by atoms with Crippen LogP contribution in [-0.4, -0.2) is 17.0 Å². The topological polar surface area (TPSA) is 37.3 Å². The van der Waals surface area contributed by atoms with Crippen molar-refractivity contribution in [1.29, 1.82) is 0 Å². The van der Waals surface area contributed by atoms with Crippen LogP contribution in [0.15, 0.2) is 0 Å². The maximum atomic E-state index is 12.4. The van der Waals surface area contributed by atoms with Crippen molar-refractivity contribution in [3.05, 3.63) is 0 Å². The quantitative estimate of drug-likeness (QED) is 0.728. The van der Waals surface area contributed by atoms with E-state index in [1.807, 2.05) is 0 Å². The van der Waals surface area contributed by atoms with Crippen molar-refractivity contribution in [3.8, 4) is 0 Å². The van der Waals surface area contributed by atoms with Crippen LogP contribution < -0.4 is 0 Å². The van der Waals surface area contributed by atoms with Crippen molar-refractivity contribution in [2.75, 3.05) is 0 Å². The van der Waals surface area contributed by atoms with E-state index in [4.69, 9.17) is 0 Å². The van der Waals surface area contributed by atoms with Gasteiger partial charge in [-0.05, 0) is 73.5 Å². The van der Waals surface area contributed by atoms with E-state index in [0.717, 1.165) is 31.6 Å². The highest BCUT2D eigenvalue weighted by atomic mass is 16.3. The fourth-order valence-electron chi connectivity index (χ4n) is 7.21. The minimum atomic E-state index is -0.163. The minimum Gasteiger partial charge on any atom is -0.393 e. The maximum absolute atomic E-state index is 12.4. The number of hydrogen-bond acceptors (Lipinski definition) is 2. The number of Topliss-reactive ketones (excluding diaryl/α,β-unsaturated/α-hetero) is 1. The summed E-state index contributed by atoms with van der Waals surface area (Å²) in [6.07, 6.45) is 8.85. The molecule has 4 fully saturated rings. The molecule has 2 heteroatoms. The first-order valence-electron chi connectivity index (χ1n) is 9.57. The summed E-state index contributed by atoms with van der Waals surface area (Å²) >= 11 is 0. The molecule has 0 aromatic heterocycles. The molecular weight excluding hydrogens is 272 g/mol. The van der Waals surface area contributed by atoms with E-state index in [1.54, 1.807) is 0 Å². The first-order valence-corrected chi connectivity index (χ1v) is 9.57. The molecule has 0 aromatic carbocycles. The summed E-state index contributed by atoms with van der Waals surface area (Å²) in [6, 6.07) is 0. The van der Waals surface area contributed by atoms with E-state index < -0.39 is 0 Å². The van der Waals surface area contributed by atoms with Gasteiger partial charge >= 0.3 is 0 Å². The molecule has 2 nitrogen and oxygen atoms in total. The SMILES string of the molecule is C[C@H]1CC[C@]2(C)C3CC[C@]4(C)C(=O)CCC4C3C(O)C[C@H]2C1. The summed E-state index contributed by atoms with van der Waals surface area (Å²) in [5.74, 6) is 3.49. The zero-order valence-electron chi connectivity index (χ0n) is 14.5. The summed E-state index contributed by atoms with van der Waals surface area (Å²) in [7, 11) is 0. The Labute approximate surface area is 135 Å². The smallest absolute Gasteiger partial charge is 0.139 e. The van der Waals surface area contributed by atoms with E-state index in [2.05, 4.69) is 20.8 Å². The number of hydrogen-bond donors (Lipinski definition) is 1. The van der Waals surface area contributed by atoms with Gasteiger partial charge in [-0.15, -0.1) is 0 Å². The van der Waals surface area contributed by atoms with E-state index in [0.29, 0.717) is 34.9 Å². The lowest BCUT2D eigenvalue weighted by atomic mass is 9.44. The second-order valence-electron chi connectivity index (χ2n) is 9.59. The fourth-order valence-corrected chi connectivity index (χ4v) is 7.21. The molecule has 22 heavy (non-hydrogen) atoms. The van der Waals surface area contributed by atoms with Crippen molar-refractivity contribution in [2.24, 2.45) is 40.4 Å². The predicted octanol–water partition coefficient (Wildman–Crippen LogP) is 4.21. The van der Waals surface area contributed by atoms with Gasteiger partial charge in [-0.2, -0.15) is 0 Å². The highest BCUT2D eigenvalue weighted by molar-refractivity contribution is 5.87. The third-order valence-electron chi connectivity index (χ3n) is 8.65. The van der Waals surface area contributed by atoms with Crippen LogP contribution in [-0.2, 0) is 4.79 Å². The van der Waals surface area contributed by atoms with E-state index in [9.17, 15) is 9.90 Å². The number of aliphatic hydroxyl groups is 1. The molecule has 0 spiro atoms. The molecule has 1 N–H and O–H groups in total. The lowest BCUT2D eigenvalue weighted by Gasteiger charge is -2.61. The molecular formula is C20H32O2. The molecule has 0 bridgehead atoms. The Morgan fingerprint density at radius 3 is 2.59 bits per heavy atom. The zero-order valence-corrected chi connectivity index (χ0v) is 14.5. The average molecular weight is 304 g/mol. The fraction of sp³-hybridized carbons (Fsp3) is 0.950. The Kier molecular flexibility index (Phi) is 3.32. The highest BCUT2D eigenvalue weighted by Gasteiger charge is 2.62. The molecule has 4 rings (SSSR count). The van der Waals surface area contributed by atoms with Crippen molar-refractivity contribution in [3.63, 3.8) is 0 Å². The van der Waals surface area contributed by atoms with Crippen LogP contribution in [0.5, 0.6) is 0 Å². The third-order valence-corrected chi connectivity index (χ3v) is 8.65. The molecule has 4 saturated carbocycles. The Morgan fingerprint density at radius 1 is 1.05 bits per heavy atom. The molecule has 0 amide bonds. The van der Waals surface area contributed by atoms with Gasteiger partial charge < -0.3 is 5.11 Å². The van der Waals surface area contributed by atoms with Crippen LogP contribution in [0.2, 0.25) is 0 Å². The molecule has 4 aliphatic carbocycles. The number of aliphatic hydroxyl groups excluding tert-OH is 1. The summed E-state index contributed by atoms with van der Waals surface area (Å²) in [5, 5.41) is 11.0. The van der Waals surface area contributed by atoms with E-state index in [1.165, 1.54) is 25.7 Å². The van der Waals surface area contributed by atoms with Gasteiger partial charge in [0.15, 0.2) is 0 Å². The molecule has 0 heterocycles. The molecule has 0 radical (unpaired) electrons. The van der Waals surface area contributed by atoms with Crippen molar-refractivity contribution in [1.82, 2.24) is 0 Å². The van der Waals surface area contributed by atoms with Gasteiger partial charge in [0.2, 0.25) is 0 Å². The Morgan fingerprint density at radius 2 is 1.82 bits per heavy atom. The van der Waals surface area contributed by atoms with Gasteiger partial charge in [0.05, 0.1) is 6.10 Å². The Bertz CT molecular complexity index is 486. The number of rotatable bonds is 0. The van der Waals surface area contributed by atoms with Crippen molar-refractivity contribution < 1.29 is 9.90 Å². The highest BCUT2D eigenvalue weighted by Crippen LogP contribution is 2.65. The normalized spacial score (nSPS) is 57.9. The van der Waals surface area contributed by atoms with Crippen molar-refractivity contribution >= 4 is 5.78 Å². The lowest BCUT2D eigenvalue weighted by molar-refractivity contribution is -0.166. The lowest BCUT2D eigenvalue weighted by Crippen LogP contribution is -2.58. The molecule has 124 valence electrons. The molecule has 8 atom stereocenters. The Balaban J connectivity index is 1.69. The molecule has 4 unspecified atom stereocenters. The third kappa shape index (κ3) is 1.85. The monoisotopic (exact) mass is 304 g/mol. The Hall–Kier alpha value is -0.370. The van der Waals surface area contributed by atoms with Gasteiger partial charge in [0.1, 0.15) is 5.78 Å². The number of ketones is 1. The number of fused-ring (bicyclic) bond motifs is 5. The molecule has 0 aliphatic heterocycles. The summed E-state index contributed by atoms with van der Waals surface area (Å²) in [6.45, 7) is 7.10. The second kappa shape index (κ2) is 4.82. The number of carbonyl (C=O) groups is 1. The largest absolute Gasteiger partial charge is 0.393 e. The minimum absolute atomic E-state index is 0.118. The van der Waals surface area contributed by atoms with Gasteiger partial charge in [0.25, 0.3) is 0 Å². The van der Waals surface area contributed by atoms with Crippen LogP contribution >= 0.6 is 0 Å². The van der Waals surface area contributed by atoms with E-state index >= 15 is 0 Å². The summed E-state index contributed by atoms with van der Waals surface area (Å²) in [5.41, 5.74) is 0.302. The van der Waals surface area contributed by atoms with Gasteiger partial charge in [-0.1, -0.05) is 27.2 Å². The predicted molar refractivity (Wildman–Crippen MR) is 87.3 cm³/mol. The van der Waals surface area contributed by atoms with Crippen LogP contribution in [0.4, 0.5) is 0 Å². The van der Waals surface area contributed by atoms with E-state index in [-0.39, 0.29) is 11.5 Å². The standard InChI is InChI=1S/C20H32O2/c1-12-6-8-19(2)13(10-12)11-16(21)18-14-4-5-17(22)20(14,3)9-7-15(18)19/h12-16,18,21H,4-11H2,1-3H3/t12-,13+,14?,15?,16?,18?,19-,20-/m0/s1. The molecule has 0 saturated heterocycles. The molecule has 4 aliphatic rings. The first kappa shape index (κ1) is 15.2. The summed E-state index contributed by atoms with van der Waals surface area (Å²) < 4.78 is 0. The van der Waals surface area contributed by atoms with Crippen LogP contribution in [0.3, 0.4) is 0 Å². The van der Waals surface area contributed by atoms with Crippen LogP contribution in [0.25, 0.3) is 0 Å². The van der Waals surface area contributed by atoms with Crippen LogP contribution in [0, 0.1) is 40.4 Å². The maximum Gasteiger partial charge on any atom is 0.139 e. The first-order chi connectivity index (χ1) is 10.4. The molecule has 0 aromatic rings. The van der Waals surface area contributed by atoms with Crippen molar-refractivity contribution in [2.45, 2.75) is 78.2 Å². The van der Waals surface area contributed by atoms with Gasteiger partial charge in [-0.3, -0.25) is 4.79 Å². The number of carbonyl (C=O) groups excluding carboxylic acids is 1.